The quantitative estimate of drug-likeness (QED) is 0.747. The Morgan fingerprint density at radius 1 is 1.18 bits per heavy atom. The number of amides is 2. The van der Waals surface area contributed by atoms with Crippen molar-refractivity contribution in [1.82, 2.24) is 5.32 Å². The lowest BCUT2D eigenvalue weighted by Gasteiger charge is -2.20. The maximum absolute atomic E-state index is 11.8. The molecule has 6 nitrogen and oxygen atoms in total. The van der Waals surface area contributed by atoms with E-state index in [0.29, 0.717) is 11.4 Å². The number of hydrogen-bond acceptors (Lipinski definition) is 4. The number of furan rings is 1. The number of benzene rings is 1. The van der Waals surface area contributed by atoms with Crippen LogP contribution in [0.15, 0.2) is 47.1 Å². The highest BCUT2D eigenvalue weighted by Gasteiger charge is 2.28. The smallest absolute Gasteiger partial charge is 0.313 e. The standard InChI is InChI=1S/C16H18N2O4/c1-11-5-7-12(8-6-11)18-15(20)14(19)17-10-16(2,21)13-4-3-9-22-13/h3-9,21H,10H2,1-2H3,(H,17,19)(H,18,20). The van der Waals surface area contributed by atoms with Crippen molar-refractivity contribution in [3.8, 4) is 0 Å². The van der Waals surface area contributed by atoms with Crippen molar-refractivity contribution >= 4 is 17.5 Å². The highest BCUT2D eigenvalue weighted by molar-refractivity contribution is 6.39. The molecule has 0 saturated heterocycles. The zero-order valence-corrected chi connectivity index (χ0v) is 12.4. The van der Waals surface area contributed by atoms with Crippen LogP contribution in [0.5, 0.6) is 0 Å². The summed E-state index contributed by atoms with van der Waals surface area (Å²) in [5.74, 6) is -1.31. The van der Waals surface area contributed by atoms with Crippen LogP contribution in [0, 0.1) is 6.92 Å². The third-order valence-electron chi connectivity index (χ3n) is 3.16. The van der Waals surface area contributed by atoms with Crippen LogP contribution in [0.25, 0.3) is 0 Å². The molecule has 0 radical (unpaired) electrons. The summed E-state index contributed by atoms with van der Waals surface area (Å²) in [4.78, 5) is 23.5. The molecule has 0 saturated carbocycles. The lowest BCUT2D eigenvalue weighted by molar-refractivity contribution is -0.136. The van der Waals surface area contributed by atoms with E-state index in [4.69, 9.17) is 4.42 Å². The Morgan fingerprint density at radius 2 is 1.86 bits per heavy atom. The largest absolute Gasteiger partial charge is 0.466 e. The van der Waals surface area contributed by atoms with Crippen LogP contribution in [0.2, 0.25) is 0 Å². The van der Waals surface area contributed by atoms with Gasteiger partial charge in [0, 0.05) is 5.69 Å². The zero-order chi connectivity index (χ0) is 16.2. The van der Waals surface area contributed by atoms with E-state index in [1.165, 1.54) is 13.2 Å². The fraction of sp³-hybridized carbons (Fsp3) is 0.250. The first-order valence-corrected chi connectivity index (χ1v) is 6.81. The average molecular weight is 302 g/mol. The molecule has 3 N–H and O–H groups in total. The molecule has 2 rings (SSSR count). The van der Waals surface area contributed by atoms with Crippen LogP contribution >= 0.6 is 0 Å². The fourth-order valence-electron chi connectivity index (χ4n) is 1.83. The second-order valence-electron chi connectivity index (χ2n) is 5.25. The van der Waals surface area contributed by atoms with Crippen LogP contribution in [0.4, 0.5) is 5.69 Å². The van der Waals surface area contributed by atoms with E-state index in [0.717, 1.165) is 5.56 Å². The second kappa shape index (κ2) is 6.44. The molecule has 0 fully saturated rings. The molecule has 1 atom stereocenters. The van der Waals surface area contributed by atoms with Gasteiger partial charge in [0.15, 0.2) is 0 Å². The SMILES string of the molecule is Cc1ccc(NC(=O)C(=O)NCC(C)(O)c2ccco2)cc1. The van der Waals surface area contributed by atoms with Gasteiger partial charge in [0.2, 0.25) is 0 Å². The normalized spacial score (nSPS) is 13.2. The predicted octanol–water partition coefficient (Wildman–Crippen LogP) is 1.55. The molecule has 0 aliphatic carbocycles. The van der Waals surface area contributed by atoms with Gasteiger partial charge in [-0.2, -0.15) is 0 Å². The highest BCUT2D eigenvalue weighted by Crippen LogP contribution is 2.19. The number of anilines is 1. The Bertz CT molecular complexity index is 645. The molecule has 0 aliphatic rings. The molecule has 1 heterocycles. The van der Waals surface area contributed by atoms with E-state index in [2.05, 4.69) is 10.6 Å². The van der Waals surface area contributed by atoms with Crippen molar-refractivity contribution in [2.75, 3.05) is 11.9 Å². The Labute approximate surface area is 128 Å². The van der Waals surface area contributed by atoms with Gasteiger partial charge < -0.3 is 20.2 Å². The number of nitrogens with one attached hydrogen (secondary N) is 2. The van der Waals surface area contributed by atoms with Gasteiger partial charge in [-0.1, -0.05) is 17.7 Å². The molecule has 2 aromatic rings. The first kappa shape index (κ1) is 15.8. The summed E-state index contributed by atoms with van der Waals surface area (Å²) in [7, 11) is 0. The van der Waals surface area contributed by atoms with Gasteiger partial charge in [0.1, 0.15) is 11.4 Å². The topological polar surface area (TPSA) is 91.6 Å². The van der Waals surface area contributed by atoms with Crippen LogP contribution in [0.1, 0.15) is 18.2 Å². The van der Waals surface area contributed by atoms with Crippen LogP contribution in [-0.2, 0) is 15.2 Å². The molecule has 0 bridgehead atoms. The lowest BCUT2D eigenvalue weighted by atomic mass is 10.0. The van der Waals surface area contributed by atoms with Crippen molar-refractivity contribution < 1.29 is 19.1 Å². The molecule has 1 unspecified atom stereocenters. The van der Waals surface area contributed by atoms with E-state index < -0.39 is 17.4 Å². The van der Waals surface area contributed by atoms with E-state index in [9.17, 15) is 14.7 Å². The molecular formula is C16H18N2O4. The minimum Gasteiger partial charge on any atom is -0.466 e. The molecule has 116 valence electrons. The molecule has 0 spiro atoms. The van der Waals surface area contributed by atoms with Gasteiger partial charge in [-0.3, -0.25) is 9.59 Å². The van der Waals surface area contributed by atoms with E-state index in [1.54, 1.807) is 24.3 Å². The Kier molecular flexibility index (Phi) is 4.62. The first-order chi connectivity index (χ1) is 10.4. The van der Waals surface area contributed by atoms with Gasteiger partial charge in [-0.25, -0.2) is 0 Å². The summed E-state index contributed by atoms with van der Waals surface area (Å²) in [5.41, 5.74) is 0.198. The Balaban J connectivity index is 1.89. The number of carbonyl (C=O) groups is 2. The maximum atomic E-state index is 11.8. The molecule has 0 aliphatic heterocycles. The lowest BCUT2D eigenvalue weighted by Crippen LogP contribution is -2.43. The Hall–Kier alpha value is -2.60. The number of hydrogen-bond donors (Lipinski definition) is 3. The minimum absolute atomic E-state index is 0.138. The number of aryl methyl sites for hydroxylation is 1. The summed E-state index contributed by atoms with van der Waals surface area (Å²) in [6.07, 6.45) is 1.43. The summed E-state index contributed by atoms with van der Waals surface area (Å²) in [6.45, 7) is 3.28. The summed E-state index contributed by atoms with van der Waals surface area (Å²) < 4.78 is 5.10. The molecule has 22 heavy (non-hydrogen) atoms. The average Bonchev–Trinajstić information content (AvgIpc) is 3.02. The third-order valence-corrected chi connectivity index (χ3v) is 3.16. The zero-order valence-electron chi connectivity index (χ0n) is 12.4. The van der Waals surface area contributed by atoms with Gasteiger partial charge >= 0.3 is 11.8 Å². The van der Waals surface area contributed by atoms with Gasteiger partial charge in [-0.05, 0) is 38.1 Å². The number of aliphatic hydroxyl groups is 1. The van der Waals surface area contributed by atoms with Crippen molar-refractivity contribution in [1.29, 1.82) is 0 Å². The van der Waals surface area contributed by atoms with Crippen LogP contribution in [0.3, 0.4) is 0 Å². The number of rotatable bonds is 4. The summed E-state index contributed by atoms with van der Waals surface area (Å²) in [6, 6.07) is 10.3. The van der Waals surface area contributed by atoms with Crippen LogP contribution < -0.4 is 10.6 Å². The Morgan fingerprint density at radius 3 is 2.45 bits per heavy atom. The van der Waals surface area contributed by atoms with Gasteiger partial charge in [0.25, 0.3) is 0 Å². The monoisotopic (exact) mass is 302 g/mol. The van der Waals surface area contributed by atoms with E-state index in [-0.39, 0.29) is 6.54 Å². The highest BCUT2D eigenvalue weighted by atomic mass is 16.4. The molecule has 1 aromatic carbocycles. The minimum atomic E-state index is -1.39. The van der Waals surface area contributed by atoms with Gasteiger partial charge in [-0.15, -0.1) is 0 Å². The summed E-state index contributed by atoms with van der Waals surface area (Å²) in [5, 5.41) is 15.1. The van der Waals surface area contributed by atoms with Crippen molar-refractivity contribution in [3.05, 3.63) is 54.0 Å². The third kappa shape index (κ3) is 3.95. The van der Waals surface area contributed by atoms with Crippen molar-refractivity contribution in [2.45, 2.75) is 19.4 Å². The number of carbonyl (C=O) groups excluding carboxylic acids is 2. The fourth-order valence-corrected chi connectivity index (χ4v) is 1.83. The van der Waals surface area contributed by atoms with Crippen molar-refractivity contribution in [3.63, 3.8) is 0 Å². The van der Waals surface area contributed by atoms with Crippen molar-refractivity contribution in [2.24, 2.45) is 0 Å². The first-order valence-electron chi connectivity index (χ1n) is 6.81. The predicted molar refractivity (Wildman–Crippen MR) is 81.1 cm³/mol. The van der Waals surface area contributed by atoms with Crippen LogP contribution in [-0.4, -0.2) is 23.5 Å². The maximum Gasteiger partial charge on any atom is 0.313 e. The van der Waals surface area contributed by atoms with E-state index >= 15 is 0 Å². The molecule has 1 aromatic heterocycles. The molecule has 2 amide bonds. The summed E-state index contributed by atoms with van der Waals surface area (Å²) >= 11 is 0. The molecular weight excluding hydrogens is 284 g/mol. The van der Waals surface area contributed by atoms with Gasteiger partial charge in [0.05, 0.1) is 12.8 Å². The van der Waals surface area contributed by atoms with E-state index in [1.807, 2.05) is 19.1 Å². The second-order valence-corrected chi connectivity index (χ2v) is 5.25. The molecule has 6 heteroatoms.